The Hall–Kier alpha value is -0.960. The summed E-state index contributed by atoms with van der Waals surface area (Å²) < 4.78 is 0. The van der Waals surface area contributed by atoms with E-state index in [1.807, 2.05) is 54.2 Å². The number of halogens is 1. The van der Waals surface area contributed by atoms with E-state index in [9.17, 15) is 5.11 Å². The molecule has 1 aliphatic heterocycles. The Morgan fingerprint density at radius 1 is 1.06 bits per heavy atom. The largest absolute Gasteiger partial charge is 0.388 e. The van der Waals surface area contributed by atoms with Gasteiger partial charge in [-0.3, -0.25) is 0 Å². The van der Waals surface area contributed by atoms with Crippen LogP contribution in [-0.2, 0) is 0 Å². The second kappa shape index (κ2) is 4.96. The van der Waals surface area contributed by atoms with Gasteiger partial charge in [0.2, 0.25) is 0 Å². The van der Waals surface area contributed by atoms with Crippen LogP contribution in [0.2, 0.25) is 5.02 Å². The lowest BCUT2D eigenvalue weighted by Crippen LogP contribution is -2.10. The van der Waals surface area contributed by atoms with Gasteiger partial charge in [-0.1, -0.05) is 41.9 Å². The molecule has 0 aromatic heterocycles. The molecular weight excluding hydrogens is 264 g/mol. The Morgan fingerprint density at radius 3 is 2.56 bits per heavy atom. The van der Waals surface area contributed by atoms with Gasteiger partial charge in [0.15, 0.2) is 0 Å². The molecule has 1 aliphatic rings. The first-order valence-electron chi connectivity index (χ1n) is 5.93. The van der Waals surface area contributed by atoms with Crippen molar-refractivity contribution in [3.05, 3.63) is 64.7 Å². The number of rotatable bonds is 1. The lowest BCUT2D eigenvalue weighted by atomic mass is 10.00. The summed E-state index contributed by atoms with van der Waals surface area (Å²) in [6, 6.07) is 16.0. The molecule has 2 atom stereocenters. The van der Waals surface area contributed by atoms with E-state index in [4.69, 9.17) is 11.6 Å². The van der Waals surface area contributed by atoms with Crippen molar-refractivity contribution in [3.63, 3.8) is 0 Å². The second-order valence-electron chi connectivity index (χ2n) is 4.45. The van der Waals surface area contributed by atoms with Gasteiger partial charge in [-0.2, -0.15) is 0 Å². The van der Waals surface area contributed by atoms with Gasteiger partial charge >= 0.3 is 0 Å². The van der Waals surface area contributed by atoms with Crippen LogP contribution in [-0.4, -0.2) is 5.11 Å². The highest BCUT2D eigenvalue weighted by Crippen LogP contribution is 2.48. The summed E-state index contributed by atoms with van der Waals surface area (Å²) in [5.41, 5.74) is 2.27. The zero-order valence-electron chi connectivity index (χ0n) is 9.71. The predicted octanol–water partition coefficient (Wildman–Crippen LogP) is 4.61. The molecule has 0 spiro atoms. The van der Waals surface area contributed by atoms with Crippen LogP contribution in [0.1, 0.15) is 28.9 Å². The van der Waals surface area contributed by atoms with Crippen LogP contribution in [0.4, 0.5) is 0 Å². The van der Waals surface area contributed by atoms with E-state index in [0.717, 1.165) is 17.0 Å². The monoisotopic (exact) mass is 276 g/mol. The zero-order chi connectivity index (χ0) is 12.5. The molecule has 1 N–H and O–H groups in total. The van der Waals surface area contributed by atoms with E-state index in [1.165, 1.54) is 10.5 Å². The van der Waals surface area contributed by atoms with Crippen LogP contribution in [0, 0.1) is 0 Å². The van der Waals surface area contributed by atoms with Crippen LogP contribution >= 0.6 is 23.4 Å². The van der Waals surface area contributed by atoms with Gasteiger partial charge in [0.1, 0.15) is 0 Å². The molecule has 0 radical (unpaired) electrons. The van der Waals surface area contributed by atoms with E-state index in [1.54, 1.807) is 0 Å². The molecule has 92 valence electrons. The summed E-state index contributed by atoms with van der Waals surface area (Å²) in [5.74, 6) is 0. The fourth-order valence-corrected chi connectivity index (χ4v) is 3.78. The van der Waals surface area contributed by atoms with Crippen LogP contribution in [0.5, 0.6) is 0 Å². The van der Waals surface area contributed by atoms with Gasteiger partial charge in [0.25, 0.3) is 0 Å². The molecule has 3 rings (SSSR count). The van der Waals surface area contributed by atoms with Gasteiger partial charge < -0.3 is 5.11 Å². The molecule has 0 saturated carbocycles. The number of aliphatic hydroxyl groups excluding tert-OH is 1. The number of thioether (sulfide) groups is 1. The maximum Gasteiger partial charge on any atom is 0.0814 e. The van der Waals surface area contributed by atoms with Gasteiger partial charge in [0.05, 0.1) is 6.10 Å². The molecule has 0 bridgehead atoms. The van der Waals surface area contributed by atoms with Crippen LogP contribution in [0.15, 0.2) is 53.4 Å². The molecule has 1 nitrogen and oxygen atoms in total. The zero-order valence-corrected chi connectivity index (χ0v) is 11.3. The molecule has 1 heterocycles. The molecule has 0 aliphatic carbocycles. The summed E-state index contributed by atoms with van der Waals surface area (Å²) in [7, 11) is 0. The van der Waals surface area contributed by atoms with Crippen LogP contribution in [0.25, 0.3) is 0 Å². The quantitative estimate of drug-likeness (QED) is 0.821. The van der Waals surface area contributed by atoms with Crippen molar-refractivity contribution in [3.8, 4) is 0 Å². The van der Waals surface area contributed by atoms with E-state index < -0.39 is 0 Å². The average molecular weight is 277 g/mol. The fourth-order valence-electron chi connectivity index (χ4n) is 2.28. The van der Waals surface area contributed by atoms with E-state index >= 15 is 0 Å². The van der Waals surface area contributed by atoms with Gasteiger partial charge in [-0.25, -0.2) is 0 Å². The lowest BCUT2D eigenvalue weighted by Gasteiger charge is -2.28. The molecular formula is C15H13ClOS. The van der Waals surface area contributed by atoms with Crippen molar-refractivity contribution >= 4 is 23.4 Å². The van der Waals surface area contributed by atoms with Crippen molar-refractivity contribution in [1.82, 2.24) is 0 Å². The summed E-state index contributed by atoms with van der Waals surface area (Å²) in [5, 5.41) is 11.3. The van der Waals surface area contributed by atoms with Gasteiger partial charge in [-0.05, 0) is 35.7 Å². The molecule has 3 heteroatoms. The number of hydrogen-bond donors (Lipinski definition) is 1. The van der Waals surface area contributed by atoms with Crippen molar-refractivity contribution in [2.45, 2.75) is 22.7 Å². The Morgan fingerprint density at radius 2 is 1.78 bits per heavy atom. The minimum atomic E-state index is -0.372. The Balaban J connectivity index is 1.92. The average Bonchev–Trinajstić information content (AvgIpc) is 2.39. The third-order valence-corrected chi connectivity index (χ3v) is 4.85. The molecule has 2 aromatic carbocycles. The molecule has 0 amide bonds. The van der Waals surface area contributed by atoms with E-state index in [-0.39, 0.29) is 6.10 Å². The number of aliphatic hydroxyl groups is 1. The predicted molar refractivity (Wildman–Crippen MR) is 76.1 cm³/mol. The molecule has 0 fully saturated rings. The van der Waals surface area contributed by atoms with E-state index in [2.05, 4.69) is 6.07 Å². The summed E-state index contributed by atoms with van der Waals surface area (Å²) in [6.45, 7) is 0. The molecule has 2 aromatic rings. The smallest absolute Gasteiger partial charge is 0.0814 e. The first-order chi connectivity index (χ1) is 8.74. The third kappa shape index (κ3) is 2.28. The normalized spacial score (nSPS) is 22.6. The maximum atomic E-state index is 10.2. The first kappa shape index (κ1) is 12.1. The fraction of sp³-hybridized carbons (Fsp3) is 0.200. The first-order valence-corrected chi connectivity index (χ1v) is 7.19. The maximum absolute atomic E-state index is 10.2. The Labute approximate surface area is 116 Å². The third-order valence-electron chi connectivity index (χ3n) is 3.23. The SMILES string of the molecule is OC1CC(c2ccc(Cl)cc2)Sc2ccccc21. The minimum Gasteiger partial charge on any atom is -0.388 e. The van der Waals surface area contributed by atoms with Crippen molar-refractivity contribution < 1.29 is 5.11 Å². The van der Waals surface area contributed by atoms with Gasteiger partial charge in [0, 0.05) is 15.2 Å². The minimum absolute atomic E-state index is 0.298. The second-order valence-corrected chi connectivity index (χ2v) is 6.13. The number of benzene rings is 2. The summed E-state index contributed by atoms with van der Waals surface area (Å²) >= 11 is 7.72. The van der Waals surface area contributed by atoms with Crippen LogP contribution < -0.4 is 0 Å². The van der Waals surface area contributed by atoms with Gasteiger partial charge in [-0.15, -0.1) is 11.8 Å². The molecule has 0 saturated heterocycles. The summed E-state index contributed by atoms with van der Waals surface area (Å²) in [6.07, 6.45) is 0.381. The highest BCUT2D eigenvalue weighted by Gasteiger charge is 2.26. The lowest BCUT2D eigenvalue weighted by molar-refractivity contribution is 0.161. The topological polar surface area (TPSA) is 20.2 Å². The van der Waals surface area contributed by atoms with Crippen molar-refractivity contribution in [1.29, 1.82) is 0 Å². The van der Waals surface area contributed by atoms with Crippen molar-refractivity contribution in [2.24, 2.45) is 0 Å². The highest BCUT2D eigenvalue weighted by atomic mass is 35.5. The Bertz CT molecular complexity index is 553. The van der Waals surface area contributed by atoms with Crippen LogP contribution in [0.3, 0.4) is 0 Å². The highest BCUT2D eigenvalue weighted by molar-refractivity contribution is 7.99. The van der Waals surface area contributed by atoms with Crippen molar-refractivity contribution in [2.75, 3.05) is 0 Å². The van der Waals surface area contributed by atoms with E-state index in [0.29, 0.717) is 5.25 Å². The Kier molecular flexibility index (Phi) is 3.33. The summed E-state index contributed by atoms with van der Waals surface area (Å²) in [4.78, 5) is 1.18. The number of hydrogen-bond acceptors (Lipinski definition) is 2. The molecule has 2 unspecified atom stereocenters. The standard InChI is InChI=1S/C15H13ClOS/c16-11-7-5-10(6-8-11)15-9-13(17)12-3-1-2-4-14(12)18-15/h1-8,13,15,17H,9H2. The molecule has 18 heavy (non-hydrogen) atoms. The number of fused-ring (bicyclic) bond motifs is 1.